The topological polar surface area (TPSA) is 43.9 Å². The second-order valence-corrected chi connectivity index (χ2v) is 11.0. The number of piperazine rings is 1. The molecule has 0 aromatic heterocycles. The maximum Gasteiger partial charge on any atom is 0.416 e. The van der Waals surface area contributed by atoms with Gasteiger partial charge in [0.05, 0.1) is 5.56 Å². The van der Waals surface area contributed by atoms with E-state index in [1.165, 1.54) is 17.2 Å². The largest absolute Gasteiger partial charge is 0.416 e. The molecule has 41 heavy (non-hydrogen) atoms. The highest BCUT2D eigenvalue weighted by atomic mass is 19.4. The van der Waals surface area contributed by atoms with Crippen LogP contribution in [0.4, 0.5) is 13.2 Å². The van der Waals surface area contributed by atoms with Crippen molar-refractivity contribution in [3.05, 3.63) is 95.1 Å². The average molecular weight is 564 g/mol. The van der Waals surface area contributed by atoms with Crippen molar-refractivity contribution in [3.63, 3.8) is 0 Å². The monoisotopic (exact) mass is 563 g/mol. The second kappa shape index (κ2) is 12.5. The summed E-state index contributed by atoms with van der Waals surface area (Å²) in [4.78, 5) is 32.5. The molecule has 0 aliphatic carbocycles. The van der Waals surface area contributed by atoms with Gasteiger partial charge in [0.15, 0.2) is 0 Å². The van der Waals surface area contributed by atoms with E-state index in [0.717, 1.165) is 57.6 Å². The van der Waals surface area contributed by atoms with Gasteiger partial charge < -0.3 is 9.80 Å². The van der Waals surface area contributed by atoms with E-state index in [1.807, 2.05) is 17.0 Å². The van der Waals surface area contributed by atoms with Crippen LogP contribution in [0.5, 0.6) is 0 Å². The van der Waals surface area contributed by atoms with E-state index in [2.05, 4.69) is 24.0 Å². The molecule has 2 fully saturated rings. The molecule has 0 atom stereocenters. The Morgan fingerprint density at radius 1 is 0.805 bits per heavy atom. The first kappa shape index (κ1) is 28.9. The van der Waals surface area contributed by atoms with Crippen LogP contribution in [0.3, 0.4) is 0 Å². The average Bonchev–Trinajstić information content (AvgIpc) is 3.00. The first-order valence-electron chi connectivity index (χ1n) is 14.3. The zero-order valence-electron chi connectivity index (χ0n) is 23.4. The van der Waals surface area contributed by atoms with Crippen LogP contribution in [0.1, 0.15) is 46.3 Å². The van der Waals surface area contributed by atoms with Crippen molar-refractivity contribution in [1.29, 1.82) is 0 Å². The number of carbonyl (C=O) groups is 2. The van der Waals surface area contributed by atoms with Gasteiger partial charge in [0.2, 0.25) is 5.91 Å². The van der Waals surface area contributed by atoms with Crippen LogP contribution in [-0.4, -0.2) is 71.8 Å². The number of benzene rings is 3. The lowest BCUT2D eigenvalue weighted by Crippen LogP contribution is -2.54. The normalized spacial score (nSPS) is 17.1. The number of rotatable bonds is 6. The first-order chi connectivity index (χ1) is 19.7. The summed E-state index contributed by atoms with van der Waals surface area (Å²) in [5.41, 5.74) is 3.01. The van der Waals surface area contributed by atoms with E-state index in [9.17, 15) is 22.8 Å². The molecule has 0 bridgehead atoms. The molecule has 0 unspecified atom stereocenters. The van der Waals surface area contributed by atoms with E-state index in [4.69, 9.17) is 0 Å². The van der Waals surface area contributed by atoms with Gasteiger partial charge in [-0.15, -0.1) is 0 Å². The summed E-state index contributed by atoms with van der Waals surface area (Å²) in [5.74, 6) is 0.0493. The zero-order chi connectivity index (χ0) is 29.0. The molecule has 0 saturated carbocycles. The standard InChI is InChI=1S/C33H36F3N3O2/c1-24-7-2-3-8-25(24)13-14-31(40)38-17-15-28(16-18-38)37-19-21-39(22-20-37)32(41)30-12-5-4-11-29(30)26-9-6-10-27(23-26)33(34,35)36/h2-12,23,28H,13-22H2,1H3. The van der Waals surface area contributed by atoms with Crippen LogP contribution in [0.2, 0.25) is 0 Å². The van der Waals surface area contributed by atoms with Crippen molar-refractivity contribution in [3.8, 4) is 11.1 Å². The molecule has 5 rings (SSSR count). The van der Waals surface area contributed by atoms with Crippen LogP contribution in [0, 0.1) is 6.92 Å². The van der Waals surface area contributed by atoms with Crippen molar-refractivity contribution in [2.45, 2.75) is 44.8 Å². The van der Waals surface area contributed by atoms with E-state index in [0.29, 0.717) is 42.2 Å². The molecule has 2 aliphatic rings. The van der Waals surface area contributed by atoms with Crippen molar-refractivity contribution >= 4 is 11.8 Å². The molecule has 0 N–H and O–H groups in total. The number of hydrogen-bond acceptors (Lipinski definition) is 3. The molecule has 2 amide bonds. The molecule has 2 saturated heterocycles. The summed E-state index contributed by atoms with van der Waals surface area (Å²) >= 11 is 0. The third-order valence-corrected chi connectivity index (χ3v) is 8.46. The Morgan fingerprint density at radius 2 is 1.49 bits per heavy atom. The second-order valence-electron chi connectivity index (χ2n) is 11.0. The minimum Gasteiger partial charge on any atom is -0.343 e. The number of amides is 2. The number of likely N-dealkylation sites (tertiary alicyclic amines) is 1. The molecule has 0 spiro atoms. The van der Waals surface area contributed by atoms with E-state index < -0.39 is 11.7 Å². The SMILES string of the molecule is Cc1ccccc1CCC(=O)N1CCC(N2CCN(C(=O)c3ccccc3-c3cccc(C(F)(F)F)c3)CC2)CC1. The highest BCUT2D eigenvalue weighted by Gasteiger charge is 2.32. The minimum absolute atomic E-state index is 0.160. The van der Waals surface area contributed by atoms with Crippen molar-refractivity contribution < 1.29 is 22.8 Å². The molecule has 3 aromatic carbocycles. The number of hydrogen-bond donors (Lipinski definition) is 0. The van der Waals surface area contributed by atoms with Gasteiger partial charge in [0, 0.05) is 57.3 Å². The fourth-order valence-corrected chi connectivity index (χ4v) is 6.02. The van der Waals surface area contributed by atoms with Gasteiger partial charge in [-0.2, -0.15) is 13.2 Å². The van der Waals surface area contributed by atoms with Crippen molar-refractivity contribution in [2.24, 2.45) is 0 Å². The molecule has 0 radical (unpaired) electrons. The Kier molecular flexibility index (Phi) is 8.78. The van der Waals surface area contributed by atoms with Gasteiger partial charge in [-0.25, -0.2) is 0 Å². The third kappa shape index (κ3) is 6.81. The van der Waals surface area contributed by atoms with Crippen LogP contribution in [-0.2, 0) is 17.4 Å². The summed E-state index contributed by atoms with van der Waals surface area (Å²) in [7, 11) is 0. The summed E-state index contributed by atoms with van der Waals surface area (Å²) < 4.78 is 39.9. The van der Waals surface area contributed by atoms with Gasteiger partial charge in [-0.05, 0) is 66.6 Å². The fraction of sp³-hybridized carbons (Fsp3) is 0.394. The van der Waals surface area contributed by atoms with Crippen LogP contribution < -0.4 is 0 Å². The van der Waals surface area contributed by atoms with Crippen LogP contribution in [0.25, 0.3) is 11.1 Å². The smallest absolute Gasteiger partial charge is 0.343 e. The van der Waals surface area contributed by atoms with E-state index >= 15 is 0 Å². The molecule has 2 aliphatic heterocycles. The Hall–Kier alpha value is -3.65. The molecule has 8 heteroatoms. The predicted molar refractivity (Wildman–Crippen MR) is 153 cm³/mol. The summed E-state index contributed by atoms with van der Waals surface area (Å²) in [6, 6.07) is 20.6. The van der Waals surface area contributed by atoms with Crippen LogP contribution in [0.15, 0.2) is 72.8 Å². The highest BCUT2D eigenvalue weighted by Crippen LogP contribution is 2.33. The maximum absolute atomic E-state index is 13.5. The summed E-state index contributed by atoms with van der Waals surface area (Å²) in [6.07, 6.45) is -1.32. The van der Waals surface area contributed by atoms with Crippen molar-refractivity contribution in [2.75, 3.05) is 39.3 Å². The number of aryl methyl sites for hydroxylation is 2. The number of halogens is 3. The molecular weight excluding hydrogens is 527 g/mol. The van der Waals surface area contributed by atoms with Gasteiger partial charge in [0.1, 0.15) is 0 Å². The predicted octanol–water partition coefficient (Wildman–Crippen LogP) is 6.06. The number of piperidine rings is 1. The Balaban J connectivity index is 1.14. The highest BCUT2D eigenvalue weighted by molar-refractivity contribution is 6.01. The van der Waals surface area contributed by atoms with Gasteiger partial charge in [-0.3, -0.25) is 14.5 Å². The quantitative estimate of drug-likeness (QED) is 0.366. The zero-order valence-corrected chi connectivity index (χ0v) is 23.4. The third-order valence-electron chi connectivity index (χ3n) is 8.46. The fourth-order valence-electron chi connectivity index (χ4n) is 6.02. The molecule has 3 aromatic rings. The molecule has 216 valence electrons. The van der Waals surface area contributed by atoms with E-state index in [-0.39, 0.29) is 11.8 Å². The van der Waals surface area contributed by atoms with Crippen molar-refractivity contribution in [1.82, 2.24) is 14.7 Å². The first-order valence-corrected chi connectivity index (χ1v) is 14.3. The van der Waals surface area contributed by atoms with Gasteiger partial charge in [-0.1, -0.05) is 54.6 Å². The molecular formula is C33H36F3N3O2. The van der Waals surface area contributed by atoms with E-state index in [1.54, 1.807) is 35.2 Å². The lowest BCUT2D eigenvalue weighted by Gasteiger charge is -2.43. The number of alkyl halides is 3. The van der Waals surface area contributed by atoms with Crippen LogP contribution >= 0.6 is 0 Å². The summed E-state index contributed by atoms with van der Waals surface area (Å²) in [6.45, 7) is 6.18. The Bertz CT molecular complexity index is 1370. The van der Waals surface area contributed by atoms with Gasteiger partial charge >= 0.3 is 6.18 Å². The number of nitrogens with zero attached hydrogens (tertiary/aromatic N) is 3. The maximum atomic E-state index is 13.5. The van der Waals surface area contributed by atoms with Gasteiger partial charge in [0.25, 0.3) is 5.91 Å². The summed E-state index contributed by atoms with van der Waals surface area (Å²) in [5, 5.41) is 0. The lowest BCUT2D eigenvalue weighted by molar-refractivity contribution is -0.137. The molecule has 5 nitrogen and oxygen atoms in total. The minimum atomic E-state index is -4.45. The lowest BCUT2D eigenvalue weighted by atomic mass is 9.96. The Morgan fingerprint density at radius 3 is 2.20 bits per heavy atom. The molecule has 2 heterocycles. The number of carbonyl (C=O) groups excluding carboxylic acids is 2. The Labute approximate surface area is 239 Å².